The minimum atomic E-state index is -2.29. The topological polar surface area (TPSA) is 107 Å². The fourth-order valence-corrected chi connectivity index (χ4v) is 11.9. The number of rotatable bonds is 11. The molecular formula is C39H44N2O7Si. The largest absolute Gasteiger partial charge is 0.497 e. The first-order valence-electron chi connectivity index (χ1n) is 16.6. The van der Waals surface area contributed by atoms with Gasteiger partial charge in [-0.05, 0) is 84.3 Å². The zero-order valence-electron chi connectivity index (χ0n) is 28.9. The zero-order valence-corrected chi connectivity index (χ0v) is 29.9. The van der Waals surface area contributed by atoms with Crippen LogP contribution in [-0.4, -0.2) is 59.0 Å². The Morgan fingerprint density at radius 2 is 1.47 bits per heavy atom. The van der Waals surface area contributed by atoms with Gasteiger partial charge >= 0.3 is 0 Å². The highest BCUT2D eigenvalue weighted by atomic mass is 28.3. The van der Waals surface area contributed by atoms with Crippen LogP contribution in [0.1, 0.15) is 34.8 Å². The van der Waals surface area contributed by atoms with Gasteiger partial charge in [0.05, 0.1) is 47.7 Å². The molecular weight excluding hydrogens is 637 g/mol. The molecule has 256 valence electrons. The number of methoxy groups -OCH3 is 3. The molecule has 4 aromatic rings. The molecule has 2 aliphatic heterocycles. The van der Waals surface area contributed by atoms with E-state index in [-0.39, 0.29) is 36.0 Å². The van der Waals surface area contributed by atoms with Crippen molar-refractivity contribution in [2.45, 2.75) is 50.2 Å². The van der Waals surface area contributed by atoms with Crippen molar-refractivity contribution in [1.82, 2.24) is 0 Å². The van der Waals surface area contributed by atoms with Crippen molar-refractivity contribution in [2.75, 3.05) is 38.2 Å². The summed E-state index contributed by atoms with van der Waals surface area (Å²) >= 11 is 0. The summed E-state index contributed by atoms with van der Waals surface area (Å²) in [7, 11) is 2.57. The molecule has 2 amide bonds. The molecule has 2 N–H and O–H groups in total. The number of carbonyl (C=O) groups excluding carboxylic acids is 2. The van der Waals surface area contributed by atoms with Crippen molar-refractivity contribution >= 4 is 36.4 Å². The number of amides is 2. The van der Waals surface area contributed by atoms with Crippen LogP contribution in [0.2, 0.25) is 18.6 Å². The molecule has 0 unspecified atom stereocenters. The van der Waals surface area contributed by atoms with Gasteiger partial charge in [-0.3, -0.25) is 9.59 Å². The molecule has 0 aromatic heterocycles. The minimum absolute atomic E-state index is 0.0320. The predicted octanol–water partition coefficient (Wildman–Crippen LogP) is 6.11. The summed E-state index contributed by atoms with van der Waals surface area (Å²) in [6, 6.07) is 28.4. The Bertz CT molecular complexity index is 1810. The van der Waals surface area contributed by atoms with E-state index in [2.05, 4.69) is 37.5 Å². The number of nitrogens with one attached hydrogen (secondary N) is 1. The van der Waals surface area contributed by atoms with Gasteiger partial charge in [0.2, 0.25) is 0 Å². The number of anilines is 2. The second kappa shape index (κ2) is 13.7. The predicted molar refractivity (Wildman–Crippen MR) is 193 cm³/mol. The van der Waals surface area contributed by atoms with E-state index >= 15 is 0 Å². The molecule has 0 aliphatic carbocycles. The van der Waals surface area contributed by atoms with Gasteiger partial charge in [-0.15, -0.1) is 0 Å². The third kappa shape index (κ3) is 6.09. The van der Waals surface area contributed by atoms with E-state index in [0.29, 0.717) is 35.7 Å². The summed E-state index contributed by atoms with van der Waals surface area (Å²) < 4.78 is 23.3. The van der Waals surface area contributed by atoms with E-state index < -0.39 is 13.7 Å². The van der Waals surface area contributed by atoms with Crippen molar-refractivity contribution in [3.05, 3.63) is 108 Å². The highest BCUT2D eigenvalue weighted by molar-refractivity contribution is 6.91. The molecule has 2 heterocycles. The van der Waals surface area contributed by atoms with Gasteiger partial charge in [0.15, 0.2) is 5.60 Å². The Hall–Kier alpha value is -4.64. The summed E-state index contributed by atoms with van der Waals surface area (Å²) in [5, 5.41) is 14.4. The Kier molecular flexibility index (Phi) is 9.57. The van der Waals surface area contributed by atoms with Crippen molar-refractivity contribution < 1.29 is 33.6 Å². The van der Waals surface area contributed by atoms with E-state index in [1.54, 1.807) is 50.5 Å². The number of nitrogens with zero attached hydrogens (tertiary/aromatic N) is 1. The third-order valence-corrected chi connectivity index (χ3v) is 14.7. The lowest BCUT2D eigenvalue weighted by atomic mass is 9.82. The van der Waals surface area contributed by atoms with Gasteiger partial charge in [-0.2, -0.15) is 0 Å². The van der Waals surface area contributed by atoms with Crippen LogP contribution in [0.15, 0.2) is 91.0 Å². The van der Waals surface area contributed by atoms with Crippen LogP contribution in [0.4, 0.5) is 11.4 Å². The van der Waals surface area contributed by atoms with E-state index in [0.717, 1.165) is 22.6 Å². The summed E-state index contributed by atoms with van der Waals surface area (Å²) in [5.74, 6) is 1.59. The van der Waals surface area contributed by atoms with Gasteiger partial charge in [0, 0.05) is 29.3 Å². The van der Waals surface area contributed by atoms with Crippen molar-refractivity contribution in [3.8, 4) is 17.2 Å². The Balaban J connectivity index is 1.30. The summed E-state index contributed by atoms with van der Waals surface area (Å²) in [4.78, 5) is 29.5. The molecule has 6 rings (SSSR count). The van der Waals surface area contributed by atoms with Gasteiger partial charge in [-0.1, -0.05) is 49.5 Å². The number of benzene rings is 4. The van der Waals surface area contributed by atoms with Crippen molar-refractivity contribution in [2.24, 2.45) is 5.92 Å². The lowest BCUT2D eigenvalue weighted by Gasteiger charge is -2.37. The van der Waals surface area contributed by atoms with Gasteiger partial charge < -0.3 is 34.3 Å². The van der Waals surface area contributed by atoms with Crippen LogP contribution in [-0.2, 0) is 21.7 Å². The van der Waals surface area contributed by atoms with Crippen molar-refractivity contribution in [1.29, 1.82) is 0 Å². The van der Waals surface area contributed by atoms with Crippen LogP contribution in [0.5, 0.6) is 17.2 Å². The Morgan fingerprint density at radius 3 is 2.06 bits per heavy atom. The molecule has 9 nitrogen and oxygen atoms in total. The highest BCUT2D eigenvalue weighted by Crippen LogP contribution is 2.60. The summed E-state index contributed by atoms with van der Waals surface area (Å²) in [5.41, 5.74) is 2.43. The van der Waals surface area contributed by atoms with Crippen LogP contribution in [0.3, 0.4) is 0 Å². The number of hydrogen-bond acceptors (Lipinski definition) is 7. The first kappa shape index (κ1) is 34.2. The standard InChI is InChI=1S/C39H44N2O7Si/c1-25-36(49(5,6)32-18-15-30(46-3)16-19-32)35(21-22-42)48-39(25)33-23-31(47-4)17-20-34(33)41(38(39)44)24-26-7-11-28(12-8-26)40-37(43)27-9-13-29(45-2)14-10-27/h7-20,23,25,35-36,42H,21-22,24H2,1-6H3,(H,40,43)/t25-,35+,36-,39+/m1/s1. The van der Waals surface area contributed by atoms with Crippen LogP contribution in [0, 0.1) is 5.92 Å². The monoisotopic (exact) mass is 680 g/mol. The first-order chi connectivity index (χ1) is 23.6. The van der Waals surface area contributed by atoms with E-state index in [1.165, 1.54) is 5.19 Å². The number of fused-ring (bicyclic) bond motifs is 2. The van der Waals surface area contributed by atoms with Crippen LogP contribution < -0.4 is 29.6 Å². The summed E-state index contributed by atoms with van der Waals surface area (Å²) in [6.07, 6.45) is 0.111. The van der Waals surface area contributed by atoms with Crippen molar-refractivity contribution in [3.63, 3.8) is 0 Å². The normalized spacial score (nSPS) is 21.5. The smallest absolute Gasteiger partial charge is 0.264 e. The maximum atomic E-state index is 14.9. The fourth-order valence-electron chi connectivity index (χ4n) is 7.80. The quantitative estimate of drug-likeness (QED) is 0.184. The lowest BCUT2D eigenvalue weighted by molar-refractivity contribution is -0.146. The fraction of sp³-hybridized carbons (Fsp3) is 0.333. The van der Waals surface area contributed by atoms with Gasteiger partial charge in [0.25, 0.3) is 11.8 Å². The van der Waals surface area contributed by atoms with Gasteiger partial charge in [0.1, 0.15) is 17.2 Å². The second-order valence-corrected chi connectivity index (χ2v) is 18.0. The molecule has 1 fully saturated rings. The average molecular weight is 681 g/mol. The number of hydrogen-bond donors (Lipinski definition) is 2. The zero-order chi connectivity index (χ0) is 34.9. The average Bonchev–Trinajstić information content (AvgIpc) is 3.55. The molecule has 4 atom stereocenters. The van der Waals surface area contributed by atoms with E-state index in [1.807, 2.05) is 54.6 Å². The molecule has 2 aliphatic rings. The second-order valence-electron chi connectivity index (χ2n) is 13.3. The number of aliphatic hydroxyl groups excluding tert-OH is 1. The molecule has 4 aromatic carbocycles. The number of ether oxygens (including phenoxy) is 4. The minimum Gasteiger partial charge on any atom is -0.497 e. The third-order valence-electron chi connectivity index (χ3n) is 10.4. The SMILES string of the molecule is COc1ccc(C(=O)Nc2ccc(CN3C(=O)[C@@]4(O[C@@H](CCO)[C@H]([Si](C)(C)c5ccc(OC)cc5)[C@H]4C)c4cc(OC)ccc43)cc2)cc1. The summed E-state index contributed by atoms with van der Waals surface area (Å²) in [6.45, 7) is 7.05. The number of aliphatic hydroxyl groups is 1. The molecule has 1 saturated heterocycles. The maximum Gasteiger partial charge on any atom is 0.264 e. The van der Waals surface area contributed by atoms with Crippen LogP contribution in [0.25, 0.3) is 0 Å². The molecule has 49 heavy (non-hydrogen) atoms. The van der Waals surface area contributed by atoms with Gasteiger partial charge in [-0.25, -0.2) is 0 Å². The Morgan fingerprint density at radius 1 is 0.878 bits per heavy atom. The molecule has 0 radical (unpaired) electrons. The molecule has 0 bridgehead atoms. The first-order valence-corrected chi connectivity index (χ1v) is 19.6. The molecule has 1 spiro atoms. The van der Waals surface area contributed by atoms with E-state index in [4.69, 9.17) is 18.9 Å². The number of carbonyl (C=O) groups is 2. The lowest BCUT2D eigenvalue weighted by Crippen LogP contribution is -2.51. The highest BCUT2D eigenvalue weighted by Gasteiger charge is 2.66. The maximum absolute atomic E-state index is 14.9. The van der Waals surface area contributed by atoms with Crippen LogP contribution >= 0.6 is 0 Å². The Labute approximate surface area is 288 Å². The molecule has 0 saturated carbocycles. The van der Waals surface area contributed by atoms with E-state index in [9.17, 15) is 14.7 Å². The molecule has 10 heteroatoms.